The van der Waals surface area contributed by atoms with Gasteiger partial charge in [-0.2, -0.15) is 13.2 Å². The molecule has 2 rings (SSSR count). The molecule has 2 N–H and O–H groups in total. The second-order valence-corrected chi connectivity index (χ2v) is 7.02. The van der Waals surface area contributed by atoms with Gasteiger partial charge in [0, 0.05) is 31.9 Å². The maximum absolute atomic E-state index is 12.8. The fourth-order valence-electron chi connectivity index (χ4n) is 2.60. The first-order valence-corrected chi connectivity index (χ1v) is 9.54. The number of rotatable bonds is 7. The van der Waals surface area contributed by atoms with Crippen LogP contribution in [0.1, 0.15) is 5.56 Å². The van der Waals surface area contributed by atoms with E-state index in [-0.39, 0.29) is 17.4 Å². The third kappa shape index (κ3) is 6.63. The monoisotopic (exact) mass is 419 g/mol. The van der Waals surface area contributed by atoms with E-state index in [1.165, 1.54) is 11.0 Å². The van der Waals surface area contributed by atoms with Crippen LogP contribution < -0.4 is 10.6 Å². The maximum atomic E-state index is 12.8. The number of ether oxygens (including phenoxy) is 1. The van der Waals surface area contributed by atoms with Gasteiger partial charge in [-0.1, -0.05) is 6.07 Å². The van der Waals surface area contributed by atoms with Gasteiger partial charge in [0.25, 0.3) is 5.91 Å². The zero-order valence-electron chi connectivity index (χ0n) is 14.9. The molecule has 1 aromatic rings. The number of thioether (sulfide) groups is 1. The topological polar surface area (TPSA) is 92.9 Å². The fourth-order valence-corrected chi connectivity index (χ4v) is 3.16. The zero-order chi connectivity index (χ0) is 20.7. The molecule has 0 aliphatic carbocycles. The normalized spacial score (nSPS) is 14.7. The Hall–Kier alpha value is -2.43. The lowest BCUT2D eigenvalue weighted by molar-refractivity contribution is -0.150. The Labute approximate surface area is 164 Å². The third-order valence-corrected chi connectivity index (χ3v) is 4.92. The molecule has 0 radical (unpaired) electrons. The summed E-state index contributed by atoms with van der Waals surface area (Å²) in [6.45, 7) is 0.941. The molecule has 0 atom stereocenters. The molecule has 1 aliphatic rings. The number of primary amides is 1. The third-order valence-electron chi connectivity index (χ3n) is 3.99. The first-order valence-electron chi connectivity index (χ1n) is 8.38. The highest BCUT2D eigenvalue weighted by atomic mass is 32.2. The molecule has 1 fully saturated rings. The van der Waals surface area contributed by atoms with Gasteiger partial charge in [0.1, 0.15) is 0 Å². The van der Waals surface area contributed by atoms with Crippen LogP contribution in [0.15, 0.2) is 24.3 Å². The van der Waals surface area contributed by atoms with Crippen molar-refractivity contribution >= 4 is 35.2 Å². The molecule has 7 nitrogen and oxygen atoms in total. The van der Waals surface area contributed by atoms with Crippen LogP contribution in [0.3, 0.4) is 0 Å². The molecule has 0 spiro atoms. The number of benzene rings is 1. The second-order valence-electron chi connectivity index (χ2n) is 6.04. The van der Waals surface area contributed by atoms with E-state index in [1.54, 1.807) is 11.0 Å². The molecule has 0 unspecified atom stereocenters. The number of hydrogen-bond donors (Lipinski definition) is 1. The number of carbonyl (C=O) groups is 3. The van der Waals surface area contributed by atoms with Crippen molar-refractivity contribution in [3.63, 3.8) is 0 Å². The van der Waals surface area contributed by atoms with Crippen molar-refractivity contribution in [2.75, 3.05) is 49.2 Å². The molecule has 0 bridgehead atoms. The van der Waals surface area contributed by atoms with E-state index in [0.717, 1.165) is 23.9 Å². The predicted molar refractivity (Wildman–Crippen MR) is 97.7 cm³/mol. The van der Waals surface area contributed by atoms with Crippen LogP contribution in [0, 0.1) is 0 Å². The minimum atomic E-state index is -4.41. The van der Waals surface area contributed by atoms with Gasteiger partial charge in [0.15, 0.2) is 6.61 Å². The van der Waals surface area contributed by atoms with Crippen LogP contribution >= 0.6 is 11.8 Å². The summed E-state index contributed by atoms with van der Waals surface area (Å²) in [4.78, 5) is 37.5. The summed E-state index contributed by atoms with van der Waals surface area (Å²) in [5.74, 6) is -1.65. The van der Waals surface area contributed by atoms with Crippen LogP contribution in [-0.2, 0) is 25.3 Å². The van der Waals surface area contributed by atoms with E-state index < -0.39 is 30.2 Å². The molecule has 1 heterocycles. The molecule has 1 aliphatic heterocycles. The number of piperazine rings is 1. The Bertz CT molecular complexity index is 722. The quantitative estimate of drug-likeness (QED) is 0.666. The van der Waals surface area contributed by atoms with Crippen LogP contribution in [0.4, 0.5) is 18.9 Å². The zero-order valence-corrected chi connectivity index (χ0v) is 15.7. The average molecular weight is 419 g/mol. The van der Waals surface area contributed by atoms with Gasteiger partial charge in [-0.05, 0) is 18.2 Å². The largest absolute Gasteiger partial charge is 0.455 e. The Morgan fingerprint density at radius 3 is 2.39 bits per heavy atom. The van der Waals surface area contributed by atoms with Crippen molar-refractivity contribution in [2.24, 2.45) is 5.73 Å². The highest BCUT2D eigenvalue weighted by molar-refractivity contribution is 8.00. The van der Waals surface area contributed by atoms with E-state index >= 15 is 0 Å². The number of amides is 2. The number of nitrogens with two attached hydrogens (primary N) is 1. The Morgan fingerprint density at radius 2 is 1.79 bits per heavy atom. The van der Waals surface area contributed by atoms with Gasteiger partial charge < -0.3 is 20.3 Å². The van der Waals surface area contributed by atoms with E-state index in [9.17, 15) is 27.6 Å². The molecular weight excluding hydrogens is 399 g/mol. The lowest BCUT2D eigenvalue weighted by atomic mass is 10.1. The number of anilines is 1. The van der Waals surface area contributed by atoms with Crippen molar-refractivity contribution in [3.05, 3.63) is 29.8 Å². The maximum Gasteiger partial charge on any atom is 0.416 e. The van der Waals surface area contributed by atoms with Gasteiger partial charge in [-0.25, -0.2) is 0 Å². The Morgan fingerprint density at radius 1 is 1.11 bits per heavy atom. The Kier molecular flexibility index (Phi) is 7.55. The molecule has 2 amide bonds. The summed E-state index contributed by atoms with van der Waals surface area (Å²) in [5, 5.41) is 0. The number of alkyl halides is 3. The average Bonchev–Trinajstić information content (AvgIpc) is 2.65. The summed E-state index contributed by atoms with van der Waals surface area (Å²) >= 11 is 0.997. The number of nitrogens with zero attached hydrogens (tertiary/aromatic N) is 2. The summed E-state index contributed by atoms with van der Waals surface area (Å²) in [6, 6.07) is 5.05. The number of hydrogen-bond acceptors (Lipinski definition) is 6. The highest BCUT2D eigenvalue weighted by Gasteiger charge is 2.31. The van der Waals surface area contributed by atoms with E-state index in [4.69, 9.17) is 10.5 Å². The smallest absolute Gasteiger partial charge is 0.416 e. The van der Waals surface area contributed by atoms with E-state index in [1.807, 2.05) is 0 Å². The first-order chi connectivity index (χ1) is 13.2. The molecular formula is C17H20F3N3O4S. The minimum Gasteiger partial charge on any atom is -0.455 e. The molecule has 11 heteroatoms. The van der Waals surface area contributed by atoms with Crippen molar-refractivity contribution < 1.29 is 32.3 Å². The van der Waals surface area contributed by atoms with Crippen LogP contribution in [-0.4, -0.2) is 67.0 Å². The van der Waals surface area contributed by atoms with Gasteiger partial charge in [0.2, 0.25) is 5.91 Å². The van der Waals surface area contributed by atoms with Crippen molar-refractivity contribution in [1.29, 1.82) is 0 Å². The first kappa shape index (κ1) is 21.9. The van der Waals surface area contributed by atoms with Crippen molar-refractivity contribution in [2.45, 2.75) is 6.18 Å². The van der Waals surface area contributed by atoms with Gasteiger partial charge in [-0.15, -0.1) is 11.8 Å². The number of esters is 1. The standard InChI is InChI=1S/C17H20F3N3O4S/c18-17(19,20)12-2-1-3-13(8-12)22-4-6-23(7-5-22)15(25)9-27-16(26)11-28-10-14(21)24/h1-3,8H,4-7,9-11H2,(H2,21,24). The van der Waals surface area contributed by atoms with Gasteiger partial charge in [-0.3, -0.25) is 14.4 Å². The van der Waals surface area contributed by atoms with Crippen LogP contribution in [0.2, 0.25) is 0 Å². The highest BCUT2D eigenvalue weighted by Crippen LogP contribution is 2.31. The van der Waals surface area contributed by atoms with Gasteiger partial charge in [0.05, 0.1) is 17.1 Å². The lowest BCUT2D eigenvalue weighted by Crippen LogP contribution is -2.50. The fraction of sp³-hybridized carbons (Fsp3) is 0.471. The summed E-state index contributed by atoms with van der Waals surface area (Å²) in [5.41, 5.74) is 4.68. The predicted octanol–water partition coefficient (Wildman–Crippen LogP) is 1.12. The Balaban J connectivity index is 1.78. The van der Waals surface area contributed by atoms with Crippen molar-refractivity contribution in [1.82, 2.24) is 4.90 Å². The molecule has 28 heavy (non-hydrogen) atoms. The number of halogens is 3. The molecule has 1 saturated heterocycles. The van der Waals surface area contributed by atoms with Crippen LogP contribution in [0.5, 0.6) is 0 Å². The second kappa shape index (κ2) is 9.67. The van der Waals surface area contributed by atoms with Gasteiger partial charge >= 0.3 is 12.1 Å². The summed E-state index contributed by atoms with van der Waals surface area (Å²) in [6.07, 6.45) is -4.41. The van der Waals surface area contributed by atoms with E-state index in [0.29, 0.717) is 31.9 Å². The lowest BCUT2D eigenvalue weighted by Gasteiger charge is -2.36. The summed E-state index contributed by atoms with van der Waals surface area (Å²) < 4.78 is 43.4. The van der Waals surface area contributed by atoms with Crippen molar-refractivity contribution in [3.8, 4) is 0 Å². The SMILES string of the molecule is NC(=O)CSCC(=O)OCC(=O)N1CCN(c2cccc(C(F)(F)F)c2)CC1. The molecule has 0 aromatic heterocycles. The molecule has 154 valence electrons. The number of carbonyl (C=O) groups excluding carboxylic acids is 3. The summed E-state index contributed by atoms with van der Waals surface area (Å²) in [7, 11) is 0. The van der Waals surface area contributed by atoms with E-state index in [2.05, 4.69) is 0 Å². The van der Waals surface area contributed by atoms with Crippen LogP contribution in [0.25, 0.3) is 0 Å². The molecule has 1 aromatic carbocycles. The minimum absolute atomic E-state index is 0.0133. The molecule has 0 saturated carbocycles.